The summed E-state index contributed by atoms with van der Waals surface area (Å²) in [5.74, 6) is 1.52. The average Bonchev–Trinajstić information content (AvgIpc) is 2.83. The van der Waals surface area contributed by atoms with Crippen LogP contribution in [0.1, 0.15) is 16.1 Å². The molecule has 0 saturated carbocycles. The van der Waals surface area contributed by atoms with Crippen LogP contribution in [0.25, 0.3) is 0 Å². The van der Waals surface area contributed by atoms with Crippen LogP contribution in [0.5, 0.6) is 11.5 Å². The Kier molecular flexibility index (Phi) is 2.83. The number of carbonyl (C=O) groups is 1. The Bertz CT molecular complexity index is 621. The molecule has 1 aromatic heterocycles. The Morgan fingerprint density at radius 2 is 2.05 bits per heavy atom. The molecule has 1 amide bonds. The fraction of sp³-hybridized carbons (Fsp3) is 0.231. The number of fused-ring (bicyclic) bond motifs is 1. The third-order valence-corrected chi connectivity index (χ3v) is 2.75. The Balaban J connectivity index is 1.80. The van der Waals surface area contributed by atoms with E-state index in [0.29, 0.717) is 36.1 Å². The van der Waals surface area contributed by atoms with Gasteiger partial charge in [0.2, 0.25) is 0 Å². The molecular weight excluding hydrogens is 246 g/mol. The van der Waals surface area contributed by atoms with Crippen molar-refractivity contribution in [3.63, 3.8) is 0 Å². The van der Waals surface area contributed by atoms with E-state index in [1.165, 1.54) is 0 Å². The Morgan fingerprint density at radius 1 is 1.26 bits per heavy atom. The number of rotatable bonds is 2. The van der Waals surface area contributed by atoms with Crippen LogP contribution >= 0.6 is 0 Å². The second-order valence-corrected chi connectivity index (χ2v) is 4.25. The Labute approximate surface area is 109 Å². The molecule has 6 nitrogen and oxygen atoms in total. The zero-order valence-corrected chi connectivity index (χ0v) is 10.4. The van der Waals surface area contributed by atoms with Crippen LogP contribution in [0.4, 0.5) is 5.82 Å². The third-order valence-electron chi connectivity index (χ3n) is 2.75. The number of amides is 1. The van der Waals surface area contributed by atoms with Crippen LogP contribution in [0.15, 0.2) is 24.3 Å². The number of hydrogen-bond acceptors (Lipinski definition) is 4. The lowest BCUT2D eigenvalue weighted by molar-refractivity contribution is 0.102. The summed E-state index contributed by atoms with van der Waals surface area (Å²) in [7, 11) is 0. The minimum absolute atomic E-state index is 0.233. The van der Waals surface area contributed by atoms with Gasteiger partial charge < -0.3 is 14.8 Å². The number of ether oxygens (including phenoxy) is 2. The van der Waals surface area contributed by atoms with Gasteiger partial charge in [-0.05, 0) is 25.1 Å². The SMILES string of the molecule is Cc1cc(NC(=O)c2ccc3c(c2)OCCO3)n[nH]1. The highest BCUT2D eigenvalue weighted by Crippen LogP contribution is 2.30. The molecule has 1 aromatic carbocycles. The van der Waals surface area contributed by atoms with Crippen LogP contribution in [-0.4, -0.2) is 29.3 Å². The molecule has 0 aliphatic carbocycles. The zero-order chi connectivity index (χ0) is 13.2. The van der Waals surface area contributed by atoms with Crippen molar-refractivity contribution in [3.05, 3.63) is 35.5 Å². The van der Waals surface area contributed by atoms with Crippen LogP contribution < -0.4 is 14.8 Å². The van der Waals surface area contributed by atoms with E-state index in [9.17, 15) is 4.79 Å². The van der Waals surface area contributed by atoms with E-state index in [-0.39, 0.29) is 5.91 Å². The number of hydrogen-bond donors (Lipinski definition) is 2. The minimum Gasteiger partial charge on any atom is -0.486 e. The highest BCUT2D eigenvalue weighted by molar-refractivity contribution is 6.04. The van der Waals surface area contributed by atoms with Crippen LogP contribution in [-0.2, 0) is 0 Å². The number of benzene rings is 1. The predicted molar refractivity (Wildman–Crippen MR) is 68.7 cm³/mol. The normalized spacial score (nSPS) is 13.1. The van der Waals surface area contributed by atoms with E-state index in [2.05, 4.69) is 15.5 Å². The van der Waals surface area contributed by atoms with Crippen LogP contribution in [0.2, 0.25) is 0 Å². The van der Waals surface area contributed by atoms with E-state index >= 15 is 0 Å². The monoisotopic (exact) mass is 259 g/mol. The summed E-state index contributed by atoms with van der Waals surface area (Å²) in [6, 6.07) is 6.86. The smallest absolute Gasteiger partial charge is 0.257 e. The summed E-state index contributed by atoms with van der Waals surface area (Å²) in [4.78, 5) is 12.0. The van der Waals surface area contributed by atoms with Gasteiger partial charge in [0.05, 0.1) is 0 Å². The van der Waals surface area contributed by atoms with E-state index in [1.54, 1.807) is 24.3 Å². The number of nitrogens with zero attached hydrogens (tertiary/aromatic N) is 1. The molecule has 6 heteroatoms. The molecule has 2 N–H and O–H groups in total. The molecule has 1 aliphatic rings. The first-order valence-corrected chi connectivity index (χ1v) is 5.95. The molecule has 2 heterocycles. The largest absolute Gasteiger partial charge is 0.486 e. The summed E-state index contributed by atoms with van der Waals surface area (Å²) >= 11 is 0. The maximum absolute atomic E-state index is 12.0. The quantitative estimate of drug-likeness (QED) is 0.861. The first kappa shape index (κ1) is 11.6. The van der Waals surface area contributed by atoms with Gasteiger partial charge in [0.25, 0.3) is 5.91 Å². The molecule has 2 aromatic rings. The lowest BCUT2D eigenvalue weighted by Crippen LogP contribution is -2.17. The fourth-order valence-electron chi connectivity index (χ4n) is 1.86. The number of nitrogens with one attached hydrogen (secondary N) is 2. The van der Waals surface area contributed by atoms with Gasteiger partial charge in [-0.25, -0.2) is 0 Å². The van der Waals surface area contributed by atoms with E-state index < -0.39 is 0 Å². The number of aromatic amines is 1. The predicted octanol–water partition coefficient (Wildman–Crippen LogP) is 1.74. The third kappa shape index (κ3) is 2.37. The Morgan fingerprint density at radius 3 is 2.79 bits per heavy atom. The molecule has 0 saturated heterocycles. The molecule has 0 fully saturated rings. The van der Waals surface area contributed by atoms with Crippen molar-refractivity contribution in [2.75, 3.05) is 18.5 Å². The van der Waals surface area contributed by atoms with Crippen molar-refractivity contribution in [3.8, 4) is 11.5 Å². The van der Waals surface area contributed by atoms with Crippen molar-refractivity contribution in [2.45, 2.75) is 6.92 Å². The highest BCUT2D eigenvalue weighted by Gasteiger charge is 2.15. The van der Waals surface area contributed by atoms with Gasteiger partial charge in [-0.3, -0.25) is 9.89 Å². The summed E-state index contributed by atoms with van der Waals surface area (Å²) < 4.78 is 10.8. The minimum atomic E-state index is -0.233. The molecule has 98 valence electrons. The standard InChI is InChI=1S/C13H13N3O3/c1-8-6-12(16-15-8)14-13(17)9-2-3-10-11(7-9)19-5-4-18-10/h2-3,6-7H,4-5H2,1H3,(H2,14,15,16,17). The van der Waals surface area contributed by atoms with Gasteiger partial charge in [-0.2, -0.15) is 5.10 Å². The lowest BCUT2D eigenvalue weighted by Gasteiger charge is -2.18. The second-order valence-electron chi connectivity index (χ2n) is 4.25. The summed E-state index contributed by atoms with van der Waals surface area (Å²) in [6.45, 7) is 2.90. The average molecular weight is 259 g/mol. The van der Waals surface area contributed by atoms with Crippen molar-refractivity contribution < 1.29 is 14.3 Å². The molecule has 0 atom stereocenters. The van der Waals surface area contributed by atoms with Gasteiger partial charge in [0.15, 0.2) is 17.3 Å². The number of anilines is 1. The number of carbonyl (C=O) groups excluding carboxylic acids is 1. The maximum Gasteiger partial charge on any atom is 0.257 e. The van der Waals surface area contributed by atoms with Crippen LogP contribution in [0, 0.1) is 6.92 Å². The van der Waals surface area contributed by atoms with Gasteiger partial charge in [0.1, 0.15) is 13.2 Å². The van der Waals surface area contributed by atoms with Gasteiger partial charge in [-0.1, -0.05) is 0 Å². The fourth-order valence-corrected chi connectivity index (χ4v) is 1.86. The summed E-state index contributed by atoms with van der Waals surface area (Å²) in [5.41, 5.74) is 1.39. The molecule has 0 unspecified atom stereocenters. The lowest BCUT2D eigenvalue weighted by atomic mass is 10.2. The first-order chi connectivity index (χ1) is 9.22. The summed E-state index contributed by atoms with van der Waals surface area (Å²) in [6.07, 6.45) is 0. The molecule has 0 radical (unpaired) electrons. The van der Waals surface area contributed by atoms with E-state index in [0.717, 1.165) is 5.69 Å². The van der Waals surface area contributed by atoms with Crippen molar-refractivity contribution in [1.29, 1.82) is 0 Å². The van der Waals surface area contributed by atoms with Crippen LogP contribution in [0.3, 0.4) is 0 Å². The van der Waals surface area contributed by atoms with E-state index in [4.69, 9.17) is 9.47 Å². The number of aromatic nitrogens is 2. The molecule has 0 bridgehead atoms. The number of H-pyrrole nitrogens is 1. The highest BCUT2D eigenvalue weighted by atomic mass is 16.6. The molecule has 3 rings (SSSR count). The molecule has 0 spiro atoms. The van der Waals surface area contributed by atoms with E-state index in [1.807, 2.05) is 6.92 Å². The van der Waals surface area contributed by atoms with Gasteiger partial charge >= 0.3 is 0 Å². The first-order valence-electron chi connectivity index (χ1n) is 5.95. The van der Waals surface area contributed by atoms with Crippen molar-refractivity contribution >= 4 is 11.7 Å². The van der Waals surface area contributed by atoms with Crippen molar-refractivity contribution in [1.82, 2.24) is 10.2 Å². The van der Waals surface area contributed by atoms with Crippen molar-refractivity contribution in [2.24, 2.45) is 0 Å². The molecular formula is C13H13N3O3. The zero-order valence-electron chi connectivity index (χ0n) is 10.4. The maximum atomic E-state index is 12.0. The molecule has 1 aliphatic heterocycles. The second kappa shape index (κ2) is 4.64. The van der Waals surface area contributed by atoms with Gasteiger partial charge in [-0.15, -0.1) is 0 Å². The topological polar surface area (TPSA) is 76.2 Å². The summed E-state index contributed by atoms with van der Waals surface area (Å²) in [5, 5.41) is 9.43. The van der Waals surface area contributed by atoms with Gasteiger partial charge in [0, 0.05) is 17.3 Å². The number of aryl methyl sites for hydroxylation is 1. The molecule has 19 heavy (non-hydrogen) atoms. The Hall–Kier alpha value is -2.50.